The number of anilines is 1. The molecule has 0 aliphatic carbocycles. The smallest absolute Gasteiger partial charge is 0.254 e. The standard InChI is InChI=1S/C23H22FN5O2/c24-17-5-3-4-16(14-17)7-8-25-23(30)19-18-6-1-2-9-29(18)22-20(19)21(26-15-27-22)28-10-12-31-13-11-28/h1-6,9,14-15H,7-8,10-13H2,(H,25,30). The van der Waals surface area contributed by atoms with Crippen molar-refractivity contribution in [2.45, 2.75) is 6.42 Å². The molecule has 158 valence electrons. The molecule has 0 spiro atoms. The molecule has 3 aromatic heterocycles. The third kappa shape index (κ3) is 3.70. The Hall–Kier alpha value is -3.52. The van der Waals surface area contributed by atoms with Crippen molar-refractivity contribution in [2.75, 3.05) is 37.7 Å². The van der Waals surface area contributed by atoms with Crippen LogP contribution in [-0.2, 0) is 11.2 Å². The molecule has 0 radical (unpaired) electrons. The van der Waals surface area contributed by atoms with Crippen LogP contribution < -0.4 is 10.2 Å². The zero-order valence-corrected chi connectivity index (χ0v) is 16.9. The number of halogens is 1. The molecule has 1 aliphatic heterocycles. The fraction of sp³-hybridized carbons (Fsp3) is 0.261. The summed E-state index contributed by atoms with van der Waals surface area (Å²) in [5.41, 5.74) is 2.86. The number of amides is 1. The second-order valence-corrected chi connectivity index (χ2v) is 7.46. The van der Waals surface area contributed by atoms with Gasteiger partial charge in [0.2, 0.25) is 0 Å². The van der Waals surface area contributed by atoms with Gasteiger partial charge in [-0.05, 0) is 36.2 Å². The number of hydrogen-bond acceptors (Lipinski definition) is 5. The average molecular weight is 419 g/mol. The highest BCUT2D eigenvalue weighted by Crippen LogP contribution is 2.32. The Balaban J connectivity index is 1.52. The average Bonchev–Trinajstić information content (AvgIpc) is 3.14. The number of morpholine rings is 1. The third-order valence-electron chi connectivity index (χ3n) is 5.53. The predicted octanol–water partition coefficient (Wildman–Crippen LogP) is 2.83. The molecule has 1 aliphatic rings. The van der Waals surface area contributed by atoms with Gasteiger partial charge >= 0.3 is 0 Å². The maximum Gasteiger partial charge on any atom is 0.254 e. The third-order valence-corrected chi connectivity index (χ3v) is 5.53. The van der Waals surface area contributed by atoms with Crippen LogP contribution in [0, 0.1) is 5.82 Å². The van der Waals surface area contributed by atoms with Crippen molar-refractivity contribution in [1.29, 1.82) is 0 Å². The van der Waals surface area contributed by atoms with Gasteiger partial charge < -0.3 is 19.4 Å². The summed E-state index contributed by atoms with van der Waals surface area (Å²) in [5.74, 6) is 0.271. The van der Waals surface area contributed by atoms with Gasteiger partial charge in [-0.1, -0.05) is 18.2 Å². The normalized spacial score (nSPS) is 14.3. The van der Waals surface area contributed by atoms with Crippen molar-refractivity contribution in [3.63, 3.8) is 0 Å². The number of carbonyl (C=O) groups is 1. The summed E-state index contributed by atoms with van der Waals surface area (Å²) in [6.07, 6.45) is 3.98. The summed E-state index contributed by atoms with van der Waals surface area (Å²) in [6.45, 7) is 3.05. The lowest BCUT2D eigenvalue weighted by atomic mass is 10.1. The van der Waals surface area contributed by atoms with E-state index < -0.39 is 0 Å². The molecule has 7 nitrogen and oxygen atoms in total. The minimum atomic E-state index is -0.277. The van der Waals surface area contributed by atoms with E-state index in [0.717, 1.165) is 22.3 Å². The number of ether oxygens (including phenoxy) is 1. The summed E-state index contributed by atoms with van der Waals surface area (Å²) < 4.78 is 20.8. The van der Waals surface area contributed by atoms with Crippen LogP contribution >= 0.6 is 0 Å². The van der Waals surface area contributed by atoms with Crippen LogP contribution in [-0.4, -0.2) is 53.1 Å². The topological polar surface area (TPSA) is 71.8 Å². The molecule has 0 unspecified atom stereocenters. The number of hydrogen-bond donors (Lipinski definition) is 1. The van der Waals surface area contributed by atoms with Gasteiger partial charge in [0.25, 0.3) is 5.91 Å². The Kier molecular flexibility index (Phi) is 5.21. The van der Waals surface area contributed by atoms with Crippen molar-refractivity contribution in [3.8, 4) is 0 Å². The number of benzene rings is 1. The van der Waals surface area contributed by atoms with Crippen molar-refractivity contribution in [3.05, 3.63) is 71.9 Å². The van der Waals surface area contributed by atoms with E-state index in [9.17, 15) is 9.18 Å². The van der Waals surface area contributed by atoms with Crippen LogP contribution in [0.25, 0.3) is 16.6 Å². The Morgan fingerprint density at radius 2 is 2.00 bits per heavy atom. The predicted molar refractivity (Wildman–Crippen MR) is 116 cm³/mol. The lowest BCUT2D eigenvalue weighted by Gasteiger charge is -2.28. The van der Waals surface area contributed by atoms with Crippen LogP contribution in [0.15, 0.2) is 55.0 Å². The second kappa shape index (κ2) is 8.31. The first-order valence-corrected chi connectivity index (χ1v) is 10.3. The Morgan fingerprint density at radius 3 is 2.84 bits per heavy atom. The monoisotopic (exact) mass is 419 g/mol. The maximum absolute atomic E-state index is 13.4. The molecule has 31 heavy (non-hydrogen) atoms. The highest BCUT2D eigenvalue weighted by atomic mass is 19.1. The molecular formula is C23H22FN5O2. The maximum atomic E-state index is 13.4. The largest absolute Gasteiger partial charge is 0.378 e. The van der Waals surface area contributed by atoms with Crippen molar-refractivity contribution in [1.82, 2.24) is 19.7 Å². The van der Waals surface area contributed by atoms with E-state index in [1.165, 1.54) is 18.5 Å². The highest BCUT2D eigenvalue weighted by Gasteiger charge is 2.25. The van der Waals surface area contributed by atoms with E-state index in [2.05, 4.69) is 20.2 Å². The highest BCUT2D eigenvalue weighted by molar-refractivity contribution is 6.16. The molecule has 1 fully saturated rings. The van der Waals surface area contributed by atoms with E-state index in [4.69, 9.17) is 4.74 Å². The molecule has 1 N–H and O–H groups in total. The molecule has 1 amide bonds. The number of aromatic nitrogens is 3. The van der Waals surface area contributed by atoms with Crippen molar-refractivity contribution >= 4 is 28.3 Å². The molecule has 5 rings (SSSR count). The van der Waals surface area contributed by atoms with Gasteiger partial charge in [0.15, 0.2) is 5.65 Å². The summed E-state index contributed by atoms with van der Waals surface area (Å²) in [7, 11) is 0. The quantitative estimate of drug-likeness (QED) is 0.539. The Bertz CT molecular complexity index is 1250. The summed E-state index contributed by atoms with van der Waals surface area (Å²) in [6, 6.07) is 12.1. The minimum Gasteiger partial charge on any atom is -0.378 e. The van der Waals surface area contributed by atoms with Gasteiger partial charge in [0, 0.05) is 25.8 Å². The zero-order chi connectivity index (χ0) is 21.2. The van der Waals surface area contributed by atoms with Crippen LogP contribution in [0.3, 0.4) is 0 Å². The van der Waals surface area contributed by atoms with Crippen LogP contribution in [0.4, 0.5) is 10.2 Å². The molecule has 1 saturated heterocycles. The van der Waals surface area contributed by atoms with Crippen LogP contribution in [0.5, 0.6) is 0 Å². The molecule has 4 aromatic rings. The van der Waals surface area contributed by atoms with Crippen LogP contribution in [0.2, 0.25) is 0 Å². The number of nitrogens with one attached hydrogen (secondary N) is 1. The lowest BCUT2D eigenvalue weighted by Crippen LogP contribution is -2.37. The fourth-order valence-electron chi connectivity index (χ4n) is 4.08. The van der Waals surface area contributed by atoms with Crippen LogP contribution in [0.1, 0.15) is 15.9 Å². The molecular weight excluding hydrogens is 397 g/mol. The van der Waals surface area contributed by atoms with Gasteiger partial charge in [-0.3, -0.25) is 4.79 Å². The number of fused-ring (bicyclic) bond motifs is 3. The first-order chi connectivity index (χ1) is 15.2. The van der Waals surface area contributed by atoms with E-state index in [1.807, 2.05) is 34.9 Å². The number of rotatable bonds is 5. The SMILES string of the molecule is O=C(NCCc1cccc(F)c1)c1c2c(N3CCOCC3)ncnc2n2ccccc12. The summed E-state index contributed by atoms with van der Waals surface area (Å²) >= 11 is 0. The second-order valence-electron chi connectivity index (χ2n) is 7.46. The van der Waals surface area contributed by atoms with Gasteiger partial charge in [-0.2, -0.15) is 0 Å². The Morgan fingerprint density at radius 1 is 1.13 bits per heavy atom. The van der Waals surface area contributed by atoms with Gasteiger partial charge in [0.05, 0.1) is 29.7 Å². The lowest BCUT2D eigenvalue weighted by molar-refractivity contribution is 0.0957. The molecule has 8 heteroatoms. The van der Waals surface area contributed by atoms with E-state index in [0.29, 0.717) is 50.5 Å². The van der Waals surface area contributed by atoms with Gasteiger partial charge in [-0.15, -0.1) is 0 Å². The molecule has 4 heterocycles. The summed E-state index contributed by atoms with van der Waals surface area (Å²) in [4.78, 5) is 24.5. The molecule has 1 aromatic carbocycles. The van der Waals surface area contributed by atoms with Gasteiger partial charge in [0.1, 0.15) is 18.0 Å². The number of nitrogens with zero attached hydrogens (tertiary/aromatic N) is 4. The minimum absolute atomic E-state index is 0.195. The van der Waals surface area contributed by atoms with Crippen molar-refractivity contribution in [2.24, 2.45) is 0 Å². The first-order valence-electron chi connectivity index (χ1n) is 10.3. The molecule has 0 saturated carbocycles. The van der Waals surface area contributed by atoms with E-state index in [1.54, 1.807) is 6.07 Å². The number of carbonyl (C=O) groups excluding carboxylic acids is 1. The zero-order valence-electron chi connectivity index (χ0n) is 16.9. The van der Waals surface area contributed by atoms with Crippen molar-refractivity contribution < 1.29 is 13.9 Å². The van der Waals surface area contributed by atoms with E-state index in [-0.39, 0.29) is 11.7 Å². The molecule has 0 atom stereocenters. The fourth-order valence-corrected chi connectivity index (χ4v) is 4.08. The Labute approximate surface area is 178 Å². The molecule has 0 bridgehead atoms. The summed E-state index contributed by atoms with van der Waals surface area (Å²) in [5, 5.41) is 3.73. The van der Waals surface area contributed by atoms with E-state index >= 15 is 0 Å². The first kappa shape index (κ1) is 19.4. The number of pyridine rings is 1. The van der Waals surface area contributed by atoms with Gasteiger partial charge in [-0.25, -0.2) is 14.4 Å².